The predicted molar refractivity (Wildman–Crippen MR) is 113 cm³/mol. The summed E-state index contributed by atoms with van der Waals surface area (Å²) in [6.07, 6.45) is 3.21. The van der Waals surface area contributed by atoms with E-state index < -0.39 is 23.6 Å². The predicted octanol–water partition coefficient (Wildman–Crippen LogP) is 3.58. The highest BCUT2D eigenvalue weighted by atomic mass is 32.2. The van der Waals surface area contributed by atoms with E-state index in [4.69, 9.17) is 4.74 Å². The summed E-state index contributed by atoms with van der Waals surface area (Å²) in [5.74, 6) is -2.07. The summed E-state index contributed by atoms with van der Waals surface area (Å²) in [5.41, 5.74) is 1.000. The number of anilines is 1. The van der Waals surface area contributed by atoms with Gasteiger partial charge in [0, 0.05) is 29.2 Å². The zero-order chi connectivity index (χ0) is 21.5. The van der Waals surface area contributed by atoms with Gasteiger partial charge in [-0.25, -0.2) is 4.39 Å². The molecule has 1 unspecified atom stereocenters. The molecule has 158 valence electrons. The molecule has 1 heterocycles. The van der Waals surface area contributed by atoms with Gasteiger partial charge in [-0.3, -0.25) is 14.4 Å². The fourth-order valence-corrected chi connectivity index (χ4v) is 3.66. The SMILES string of the molecule is CSc1ccc(NC(=O)COC(=O)C2CCCN(C(=O)c3ccc(F)cc3)C2)cc1. The molecule has 1 saturated heterocycles. The van der Waals surface area contributed by atoms with Crippen LogP contribution in [0.1, 0.15) is 23.2 Å². The lowest BCUT2D eigenvalue weighted by molar-refractivity contribution is -0.152. The number of hydrogen-bond donors (Lipinski definition) is 1. The molecule has 2 aromatic carbocycles. The van der Waals surface area contributed by atoms with Crippen molar-refractivity contribution in [1.29, 1.82) is 0 Å². The van der Waals surface area contributed by atoms with E-state index in [9.17, 15) is 18.8 Å². The first kappa shape index (κ1) is 21.8. The molecule has 0 saturated carbocycles. The number of hydrogen-bond acceptors (Lipinski definition) is 5. The Kier molecular flexibility index (Phi) is 7.46. The quantitative estimate of drug-likeness (QED) is 0.560. The van der Waals surface area contributed by atoms with E-state index in [1.165, 1.54) is 24.3 Å². The van der Waals surface area contributed by atoms with Crippen molar-refractivity contribution in [2.75, 3.05) is 31.3 Å². The Balaban J connectivity index is 1.49. The summed E-state index contributed by atoms with van der Waals surface area (Å²) in [6, 6.07) is 12.7. The van der Waals surface area contributed by atoms with Crippen LogP contribution in [0.3, 0.4) is 0 Å². The highest BCUT2D eigenvalue weighted by Gasteiger charge is 2.30. The normalized spacial score (nSPS) is 16.1. The second-order valence-corrected chi connectivity index (χ2v) is 7.86. The Morgan fingerprint density at radius 1 is 1.13 bits per heavy atom. The van der Waals surface area contributed by atoms with Crippen molar-refractivity contribution in [3.8, 4) is 0 Å². The molecular weight excluding hydrogens is 407 g/mol. The Morgan fingerprint density at radius 2 is 1.83 bits per heavy atom. The lowest BCUT2D eigenvalue weighted by Crippen LogP contribution is -2.43. The molecule has 6 nitrogen and oxygen atoms in total. The number of nitrogens with zero attached hydrogens (tertiary/aromatic N) is 1. The number of thioether (sulfide) groups is 1. The van der Waals surface area contributed by atoms with Gasteiger partial charge in [0.15, 0.2) is 6.61 Å². The summed E-state index contributed by atoms with van der Waals surface area (Å²) in [7, 11) is 0. The number of halogens is 1. The highest BCUT2D eigenvalue weighted by molar-refractivity contribution is 7.98. The summed E-state index contributed by atoms with van der Waals surface area (Å²) in [4.78, 5) is 39.7. The molecule has 30 heavy (non-hydrogen) atoms. The molecule has 1 atom stereocenters. The van der Waals surface area contributed by atoms with Gasteiger partial charge in [0.1, 0.15) is 5.82 Å². The Bertz CT molecular complexity index is 902. The van der Waals surface area contributed by atoms with Crippen molar-refractivity contribution in [2.45, 2.75) is 17.7 Å². The molecule has 0 radical (unpaired) electrons. The van der Waals surface area contributed by atoms with E-state index in [2.05, 4.69) is 5.32 Å². The van der Waals surface area contributed by atoms with Gasteiger partial charge >= 0.3 is 5.97 Å². The standard InChI is InChI=1S/C22H23FN2O4S/c1-30-19-10-8-18(9-11-19)24-20(26)14-29-22(28)16-3-2-12-25(13-16)21(27)15-4-6-17(23)7-5-15/h4-11,16H,2-3,12-14H2,1H3,(H,24,26). The molecule has 3 rings (SSSR count). The Morgan fingerprint density at radius 3 is 2.50 bits per heavy atom. The zero-order valence-electron chi connectivity index (χ0n) is 16.6. The number of amides is 2. The molecule has 0 aromatic heterocycles. The van der Waals surface area contributed by atoms with Crippen LogP contribution in [-0.4, -0.2) is 48.6 Å². The van der Waals surface area contributed by atoms with E-state index in [1.807, 2.05) is 18.4 Å². The number of piperidine rings is 1. The first-order chi connectivity index (χ1) is 14.5. The van der Waals surface area contributed by atoms with Crippen LogP contribution >= 0.6 is 11.8 Å². The van der Waals surface area contributed by atoms with E-state index >= 15 is 0 Å². The van der Waals surface area contributed by atoms with Gasteiger partial charge in [-0.05, 0) is 67.6 Å². The lowest BCUT2D eigenvalue weighted by atomic mass is 9.97. The van der Waals surface area contributed by atoms with Crippen LogP contribution in [0.15, 0.2) is 53.4 Å². The number of esters is 1. The Hall–Kier alpha value is -2.87. The topological polar surface area (TPSA) is 75.7 Å². The minimum atomic E-state index is -0.500. The van der Waals surface area contributed by atoms with Crippen LogP contribution in [0.25, 0.3) is 0 Å². The molecule has 1 aliphatic heterocycles. The van der Waals surface area contributed by atoms with Gasteiger partial charge in [-0.1, -0.05) is 0 Å². The Labute approximate surface area is 178 Å². The van der Waals surface area contributed by atoms with Crippen molar-refractivity contribution < 1.29 is 23.5 Å². The van der Waals surface area contributed by atoms with Crippen LogP contribution < -0.4 is 5.32 Å². The number of nitrogens with one attached hydrogen (secondary N) is 1. The van der Waals surface area contributed by atoms with Gasteiger partial charge < -0.3 is 15.0 Å². The summed E-state index contributed by atoms with van der Waals surface area (Å²) in [6.45, 7) is 0.352. The fourth-order valence-electron chi connectivity index (χ4n) is 3.25. The largest absolute Gasteiger partial charge is 0.455 e. The average Bonchev–Trinajstić information content (AvgIpc) is 2.78. The van der Waals surface area contributed by atoms with Crippen molar-refractivity contribution >= 4 is 35.2 Å². The van der Waals surface area contributed by atoms with E-state index in [0.717, 1.165) is 4.90 Å². The molecule has 8 heteroatoms. The number of carbonyl (C=O) groups is 3. The number of likely N-dealkylation sites (tertiary alicyclic amines) is 1. The van der Waals surface area contributed by atoms with Gasteiger partial charge in [-0.2, -0.15) is 0 Å². The third-order valence-corrected chi connectivity index (χ3v) is 5.60. The second-order valence-electron chi connectivity index (χ2n) is 6.98. The minimum absolute atomic E-state index is 0.215. The van der Waals surface area contributed by atoms with Crippen LogP contribution in [0, 0.1) is 11.7 Å². The smallest absolute Gasteiger partial charge is 0.311 e. The van der Waals surface area contributed by atoms with Gasteiger partial charge in [0.25, 0.3) is 11.8 Å². The molecule has 1 fully saturated rings. The van der Waals surface area contributed by atoms with Gasteiger partial charge in [0.05, 0.1) is 5.92 Å². The van der Waals surface area contributed by atoms with Crippen LogP contribution in [0.5, 0.6) is 0 Å². The molecule has 2 aromatic rings. The maximum Gasteiger partial charge on any atom is 0.311 e. The molecule has 1 aliphatic rings. The third kappa shape index (κ3) is 5.82. The molecule has 0 spiro atoms. The maximum atomic E-state index is 13.1. The molecule has 1 N–H and O–H groups in total. The molecular formula is C22H23FN2O4S. The van der Waals surface area contributed by atoms with Gasteiger partial charge in [0.2, 0.25) is 0 Å². The zero-order valence-corrected chi connectivity index (χ0v) is 17.4. The second kappa shape index (κ2) is 10.2. The lowest BCUT2D eigenvalue weighted by Gasteiger charge is -2.31. The van der Waals surface area contributed by atoms with Gasteiger partial charge in [-0.15, -0.1) is 11.8 Å². The van der Waals surface area contributed by atoms with Crippen molar-refractivity contribution in [1.82, 2.24) is 4.90 Å². The van der Waals surface area contributed by atoms with Crippen LogP contribution in [0.4, 0.5) is 10.1 Å². The number of ether oxygens (including phenoxy) is 1. The average molecular weight is 431 g/mol. The minimum Gasteiger partial charge on any atom is -0.455 e. The number of benzene rings is 2. The highest BCUT2D eigenvalue weighted by Crippen LogP contribution is 2.21. The van der Waals surface area contributed by atoms with E-state index in [0.29, 0.717) is 30.6 Å². The monoisotopic (exact) mass is 430 g/mol. The maximum absolute atomic E-state index is 13.1. The molecule has 2 amide bonds. The molecule has 0 bridgehead atoms. The van der Waals surface area contributed by atoms with Crippen LogP contribution in [-0.2, 0) is 14.3 Å². The fraction of sp³-hybridized carbons (Fsp3) is 0.318. The summed E-state index contributed by atoms with van der Waals surface area (Å²) < 4.78 is 18.2. The van der Waals surface area contributed by atoms with E-state index in [1.54, 1.807) is 28.8 Å². The molecule has 0 aliphatic carbocycles. The first-order valence-corrected chi connectivity index (χ1v) is 10.8. The number of rotatable bonds is 6. The number of carbonyl (C=O) groups excluding carboxylic acids is 3. The van der Waals surface area contributed by atoms with Crippen molar-refractivity contribution in [3.63, 3.8) is 0 Å². The van der Waals surface area contributed by atoms with Crippen molar-refractivity contribution in [3.05, 3.63) is 59.9 Å². The van der Waals surface area contributed by atoms with Crippen molar-refractivity contribution in [2.24, 2.45) is 5.92 Å². The summed E-state index contributed by atoms with van der Waals surface area (Å²) >= 11 is 1.60. The summed E-state index contributed by atoms with van der Waals surface area (Å²) in [5, 5.41) is 2.68. The van der Waals surface area contributed by atoms with E-state index in [-0.39, 0.29) is 19.1 Å². The third-order valence-electron chi connectivity index (χ3n) is 4.85. The first-order valence-electron chi connectivity index (χ1n) is 9.61. The van der Waals surface area contributed by atoms with Crippen LogP contribution in [0.2, 0.25) is 0 Å².